The molecule has 0 radical (unpaired) electrons. The Kier molecular flexibility index (Phi) is 3.52. The minimum Gasteiger partial charge on any atom is -0.339 e. The molecule has 0 unspecified atom stereocenters. The van der Waals surface area contributed by atoms with E-state index in [1.807, 2.05) is 17.8 Å². The quantitative estimate of drug-likeness (QED) is 0.862. The molecule has 102 valence electrons. The van der Waals surface area contributed by atoms with Gasteiger partial charge in [0.05, 0.1) is 23.8 Å². The molecule has 0 bridgehead atoms. The van der Waals surface area contributed by atoms with E-state index in [0.29, 0.717) is 16.8 Å². The van der Waals surface area contributed by atoms with Crippen LogP contribution in [0.15, 0.2) is 16.9 Å². The van der Waals surface area contributed by atoms with E-state index in [1.165, 1.54) is 0 Å². The monoisotopic (exact) mass is 281 g/mol. The second kappa shape index (κ2) is 5.30. The zero-order valence-corrected chi connectivity index (χ0v) is 11.5. The molecule has 3 heterocycles. The fourth-order valence-corrected chi connectivity index (χ4v) is 2.64. The number of aryl methyl sites for hydroxylation is 1. The van der Waals surface area contributed by atoms with Crippen LogP contribution in [0.25, 0.3) is 0 Å². The molecule has 0 saturated carbocycles. The number of likely N-dealkylation sites (tertiary alicyclic amines) is 1. The van der Waals surface area contributed by atoms with Gasteiger partial charge in [-0.15, -0.1) is 0 Å². The summed E-state index contributed by atoms with van der Waals surface area (Å²) in [6.45, 7) is 4.57. The van der Waals surface area contributed by atoms with Gasteiger partial charge in [0.2, 0.25) is 5.89 Å². The molecule has 1 fully saturated rings. The molecule has 2 aromatic heterocycles. The second-order valence-electron chi connectivity index (χ2n) is 4.94. The van der Waals surface area contributed by atoms with Crippen LogP contribution < -0.4 is 0 Å². The van der Waals surface area contributed by atoms with Crippen LogP contribution in [0, 0.1) is 6.92 Å². The van der Waals surface area contributed by atoms with Crippen molar-refractivity contribution in [3.05, 3.63) is 29.1 Å². The zero-order chi connectivity index (χ0) is 13.2. The van der Waals surface area contributed by atoms with Crippen molar-refractivity contribution in [3.63, 3.8) is 0 Å². The van der Waals surface area contributed by atoms with Gasteiger partial charge in [-0.3, -0.25) is 9.58 Å². The van der Waals surface area contributed by atoms with E-state index in [9.17, 15) is 0 Å². The van der Waals surface area contributed by atoms with Crippen molar-refractivity contribution >= 4 is 11.6 Å². The summed E-state index contributed by atoms with van der Waals surface area (Å²) in [5.74, 6) is 1.77. The van der Waals surface area contributed by atoms with E-state index < -0.39 is 0 Å². The smallest absolute Gasteiger partial charge is 0.231 e. The molecule has 3 rings (SSSR count). The highest BCUT2D eigenvalue weighted by molar-refractivity contribution is 6.30. The Hall–Kier alpha value is -1.40. The number of halogens is 1. The van der Waals surface area contributed by atoms with Gasteiger partial charge >= 0.3 is 0 Å². The van der Waals surface area contributed by atoms with Gasteiger partial charge in [0.1, 0.15) is 0 Å². The largest absolute Gasteiger partial charge is 0.339 e. The first kappa shape index (κ1) is 12.6. The maximum Gasteiger partial charge on any atom is 0.231 e. The van der Waals surface area contributed by atoms with Crippen LogP contribution in [0.1, 0.15) is 30.5 Å². The Labute approximate surface area is 116 Å². The second-order valence-corrected chi connectivity index (χ2v) is 5.37. The number of hydrogen-bond acceptors (Lipinski definition) is 5. The van der Waals surface area contributed by atoms with Crippen LogP contribution in [0.3, 0.4) is 0 Å². The number of piperidine rings is 1. The van der Waals surface area contributed by atoms with E-state index >= 15 is 0 Å². The normalized spacial score (nSPS) is 20.8. The van der Waals surface area contributed by atoms with Crippen LogP contribution in [-0.2, 0) is 6.67 Å². The van der Waals surface area contributed by atoms with Crippen molar-refractivity contribution in [2.45, 2.75) is 32.4 Å². The highest BCUT2D eigenvalue weighted by Gasteiger charge is 2.25. The SMILES string of the molecule is Cc1noc([C@H]2CCCN(Cn3cc(Cl)cn3)C2)n1. The molecule has 7 heteroatoms. The Morgan fingerprint density at radius 2 is 2.42 bits per heavy atom. The van der Waals surface area contributed by atoms with Crippen molar-refractivity contribution < 1.29 is 4.52 Å². The fraction of sp³-hybridized carbons (Fsp3) is 0.583. The Morgan fingerprint density at radius 1 is 1.53 bits per heavy atom. The van der Waals surface area contributed by atoms with Crippen molar-refractivity contribution in [1.82, 2.24) is 24.8 Å². The molecular weight excluding hydrogens is 266 g/mol. The van der Waals surface area contributed by atoms with Crippen LogP contribution >= 0.6 is 11.6 Å². The average Bonchev–Trinajstić information content (AvgIpc) is 2.99. The van der Waals surface area contributed by atoms with Gasteiger partial charge in [0.25, 0.3) is 0 Å². The molecule has 6 nitrogen and oxygen atoms in total. The number of aromatic nitrogens is 4. The molecule has 0 spiro atoms. The van der Waals surface area contributed by atoms with Crippen molar-refractivity contribution in [3.8, 4) is 0 Å². The lowest BCUT2D eigenvalue weighted by Crippen LogP contribution is -2.36. The lowest BCUT2D eigenvalue weighted by molar-refractivity contribution is 0.144. The lowest BCUT2D eigenvalue weighted by Gasteiger charge is -2.30. The van der Waals surface area contributed by atoms with Crippen LogP contribution in [0.5, 0.6) is 0 Å². The third-order valence-electron chi connectivity index (χ3n) is 3.34. The van der Waals surface area contributed by atoms with E-state index in [4.69, 9.17) is 16.1 Å². The molecule has 1 saturated heterocycles. The summed E-state index contributed by atoms with van der Waals surface area (Å²) in [6.07, 6.45) is 5.71. The summed E-state index contributed by atoms with van der Waals surface area (Å²) in [6, 6.07) is 0. The van der Waals surface area contributed by atoms with Gasteiger partial charge in [-0.2, -0.15) is 10.1 Å². The summed E-state index contributed by atoms with van der Waals surface area (Å²) in [7, 11) is 0. The van der Waals surface area contributed by atoms with Crippen LogP contribution in [0.4, 0.5) is 0 Å². The van der Waals surface area contributed by atoms with E-state index in [2.05, 4.69) is 20.1 Å². The molecule has 1 aliphatic rings. The summed E-state index contributed by atoms with van der Waals surface area (Å²) in [5.41, 5.74) is 0. The molecule has 19 heavy (non-hydrogen) atoms. The molecule has 0 aromatic carbocycles. The standard InChI is InChI=1S/C12H16ClN5O/c1-9-15-12(19-16-9)10-3-2-4-17(6-10)8-18-7-11(13)5-14-18/h5,7,10H,2-4,6,8H2,1H3/t10-/m0/s1. The Bertz CT molecular complexity index is 552. The molecule has 0 amide bonds. The third kappa shape index (κ3) is 2.96. The van der Waals surface area contributed by atoms with Crippen molar-refractivity contribution in [2.75, 3.05) is 13.1 Å². The van der Waals surface area contributed by atoms with E-state index in [-0.39, 0.29) is 0 Å². The van der Waals surface area contributed by atoms with E-state index in [1.54, 1.807) is 6.20 Å². The van der Waals surface area contributed by atoms with Crippen LogP contribution in [-0.4, -0.2) is 37.9 Å². The van der Waals surface area contributed by atoms with Gasteiger partial charge in [-0.05, 0) is 26.3 Å². The summed E-state index contributed by atoms with van der Waals surface area (Å²) >= 11 is 5.87. The highest BCUT2D eigenvalue weighted by atomic mass is 35.5. The summed E-state index contributed by atoms with van der Waals surface area (Å²) < 4.78 is 7.13. The van der Waals surface area contributed by atoms with E-state index in [0.717, 1.165) is 38.5 Å². The predicted octanol–water partition coefficient (Wildman–Crippen LogP) is 2.07. The number of hydrogen-bond donors (Lipinski definition) is 0. The third-order valence-corrected chi connectivity index (χ3v) is 3.54. The molecule has 0 aliphatic carbocycles. The predicted molar refractivity (Wildman–Crippen MR) is 69.8 cm³/mol. The number of rotatable bonds is 3. The highest BCUT2D eigenvalue weighted by Crippen LogP contribution is 2.25. The fourth-order valence-electron chi connectivity index (χ4n) is 2.49. The van der Waals surface area contributed by atoms with Gasteiger partial charge in [0, 0.05) is 12.7 Å². The number of nitrogens with zero attached hydrogens (tertiary/aromatic N) is 5. The Balaban J connectivity index is 1.64. The topological polar surface area (TPSA) is 60.0 Å². The van der Waals surface area contributed by atoms with Gasteiger partial charge in [0.15, 0.2) is 5.82 Å². The summed E-state index contributed by atoms with van der Waals surface area (Å²) in [5, 5.41) is 8.74. The average molecular weight is 282 g/mol. The molecule has 1 atom stereocenters. The van der Waals surface area contributed by atoms with Crippen LogP contribution in [0.2, 0.25) is 5.02 Å². The zero-order valence-electron chi connectivity index (χ0n) is 10.8. The molecule has 2 aromatic rings. The van der Waals surface area contributed by atoms with Crippen molar-refractivity contribution in [2.24, 2.45) is 0 Å². The minimum absolute atomic E-state index is 0.320. The van der Waals surface area contributed by atoms with Gasteiger partial charge in [-0.1, -0.05) is 16.8 Å². The lowest BCUT2D eigenvalue weighted by atomic mass is 9.98. The molecule has 0 N–H and O–H groups in total. The van der Waals surface area contributed by atoms with Gasteiger partial charge < -0.3 is 4.52 Å². The maximum atomic E-state index is 5.87. The molecular formula is C12H16ClN5O. The Morgan fingerprint density at radius 3 is 3.11 bits per heavy atom. The van der Waals surface area contributed by atoms with Gasteiger partial charge in [-0.25, -0.2) is 0 Å². The first-order valence-corrected chi connectivity index (χ1v) is 6.79. The maximum absolute atomic E-state index is 5.87. The van der Waals surface area contributed by atoms with Crippen molar-refractivity contribution in [1.29, 1.82) is 0 Å². The first-order chi connectivity index (χ1) is 9.20. The molecule has 1 aliphatic heterocycles. The summed E-state index contributed by atoms with van der Waals surface area (Å²) in [4.78, 5) is 6.66. The minimum atomic E-state index is 0.320. The first-order valence-electron chi connectivity index (χ1n) is 6.41.